The molecular weight excluding hydrogens is 851 g/mol. The zero-order valence-corrected chi connectivity index (χ0v) is 38.1. The first-order valence-corrected chi connectivity index (χ1v) is 22.7. The number of aliphatic hydroxyl groups excluding tert-OH is 1. The van der Waals surface area contributed by atoms with E-state index in [1.54, 1.807) is 30.3 Å². The van der Waals surface area contributed by atoms with E-state index in [1.165, 1.54) is 6.92 Å². The highest BCUT2D eigenvalue weighted by atomic mass is 16.3. The number of nitrogens with one attached hydrogen (secondary N) is 8. The van der Waals surface area contributed by atoms with Gasteiger partial charge in [-0.05, 0) is 88.5 Å². The second kappa shape index (κ2) is 25.2. The number of hydrogen-bond donors (Lipinski definition) is 12. The van der Waals surface area contributed by atoms with Gasteiger partial charge in [-0.1, -0.05) is 74.5 Å². The Hall–Kier alpha value is -5.80. The molecule has 0 aromatic heterocycles. The summed E-state index contributed by atoms with van der Waals surface area (Å²) in [6.07, 6.45) is -0.116. The van der Waals surface area contributed by atoms with E-state index in [1.807, 2.05) is 44.2 Å². The largest absolute Gasteiger partial charge is 0.391 e. The van der Waals surface area contributed by atoms with Crippen molar-refractivity contribution in [3.05, 3.63) is 71.8 Å². The number of rotatable bonds is 15. The standard InChI is InChI=1S/C46H69N11O9/c1-28(2)24-35-42(64)57-45(27-58,19-22-49)26-51-32(14-20-47)38(60)56-37(29(3)59)43(65)50-23-16-34(55-44(66)46(17-18-46)31-12-8-5-9-13-31)40(62)52-33(15-21-48)39(61)54-36(41(63)53-35)25-30-10-6-4-7-11-30/h4-13,27-29,32-37,51,59H,14-26,47-49H2,1-3H3,(H,50,65)(H,52,62)(H,53,63)(H,54,61)(H,55,66)(H,56,60)(H,57,64)/t29-,32+,33+,34+,35+,36-,37+,45+/m1/s1. The molecule has 2 aromatic carbocycles. The maximum absolute atomic E-state index is 14.3. The fourth-order valence-corrected chi connectivity index (χ4v) is 7.93. The van der Waals surface area contributed by atoms with Crippen LogP contribution in [0.3, 0.4) is 0 Å². The molecule has 1 aliphatic heterocycles. The van der Waals surface area contributed by atoms with Crippen molar-refractivity contribution >= 4 is 47.6 Å². The van der Waals surface area contributed by atoms with Gasteiger partial charge in [0.15, 0.2) is 0 Å². The number of benzene rings is 2. The zero-order valence-electron chi connectivity index (χ0n) is 38.1. The van der Waals surface area contributed by atoms with Gasteiger partial charge < -0.3 is 69.6 Å². The number of carbonyl (C=O) groups excluding carboxylic acids is 8. The van der Waals surface area contributed by atoms with Gasteiger partial charge in [0.1, 0.15) is 42.0 Å². The van der Waals surface area contributed by atoms with Gasteiger partial charge in [0, 0.05) is 19.5 Å². The number of nitrogens with two attached hydrogens (primary N) is 3. The second-order valence-corrected chi connectivity index (χ2v) is 17.7. The smallest absolute Gasteiger partial charge is 0.245 e. The molecule has 66 heavy (non-hydrogen) atoms. The van der Waals surface area contributed by atoms with Crippen LogP contribution in [0.1, 0.15) is 76.8 Å². The molecule has 1 saturated carbocycles. The van der Waals surface area contributed by atoms with E-state index in [9.17, 15) is 43.5 Å². The molecular formula is C46H69N11O9. The van der Waals surface area contributed by atoms with Crippen LogP contribution in [0, 0.1) is 5.92 Å². The molecule has 7 amide bonds. The summed E-state index contributed by atoms with van der Waals surface area (Å²) in [6.45, 7) is 4.27. The molecule has 2 aromatic rings. The van der Waals surface area contributed by atoms with Crippen LogP contribution in [0.2, 0.25) is 0 Å². The lowest BCUT2D eigenvalue weighted by Gasteiger charge is -2.34. The van der Waals surface area contributed by atoms with E-state index in [2.05, 4.69) is 42.5 Å². The van der Waals surface area contributed by atoms with Crippen LogP contribution in [-0.2, 0) is 50.2 Å². The molecule has 8 atom stereocenters. The lowest BCUT2D eigenvalue weighted by molar-refractivity contribution is -0.135. The van der Waals surface area contributed by atoms with Gasteiger partial charge in [0.2, 0.25) is 41.4 Å². The van der Waals surface area contributed by atoms with Gasteiger partial charge in [-0.3, -0.25) is 33.6 Å². The van der Waals surface area contributed by atoms with Gasteiger partial charge in [0.25, 0.3) is 0 Å². The lowest BCUT2D eigenvalue weighted by Crippen LogP contribution is -2.64. The molecule has 20 heteroatoms. The van der Waals surface area contributed by atoms with Crippen LogP contribution in [-0.4, -0.2) is 133 Å². The van der Waals surface area contributed by atoms with Gasteiger partial charge in [-0.15, -0.1) is 0 Å². The summed E-state index contributed by atoms with van der Waals surface area (Å²) in [5.74, 6) is -5.18. The number of carbonyl (C=O) groups is 8. The molecule has 2 aliphatic rings. The number of hydrogen-bond acceptors (Lipinski definition) is 13. The summed E-state index contributed by atoms with van der Waals surface area (Å²) in [5.41, 5.74) is 16.6. The van der Waals surface area contributed by atoms with Crippen molar-refractivity contribution in [3.8, 4) is 0 Å². The van der Waals surface area contributed by atoms with Crippen LogP contribution in [0.4, 0.5) is 0 Å². The molecule has 362 valence electrons. The molecule has 1 aliphatic carbocycles. The SMILES string of the molecule is CC(C)C[C@@H]1NC(=O)[C@@H](Cc2ccccc2)NC(=O)[C@H](CCN)NC(=O)[C@@H](NC(=O)C2(c3ccccc3)CC2)CCNC(=O)[C@H]([C@@H](C)O)NC(=O)[C@H](CCN)NC[C@](C=O)(CCN)NC1=O. The van der Waals surface area contributed by atoms with Crippen molar-refractivity contribution in [2.75, 3.05) is 32.7 Å². The predicted molar refractivity (Wildman–Crippen MR) is 246 cm³/mol. The average molecular weight is 920 g/mol. The Morgan fingerprint density at radius 2 is 1.32 bits per heavy atom. The monoisotopic (exact) mass is 920 g/mol. The Kier molecular flexibility index (Phi) is 20.2. The third-order valence-corrected chi connectivity index (χ3v) is 11.9. The first-order chi connectivity index (χ1) is 31.5. The van der Waals surface area contributed by atoms with Gasteiger partial charge in [-0.2, -0.15) is 0 Å². The summed E-state index contributed by atoms with van der Waals surface area (Å²) in [4.78, 5) is 111. The Labute approximate surface area is 385 Å². The normalized spacial score (nSPS) is 26.6. The third kappa shape index (κ3) is 14.9. The van der Waals surface area contributed by atoms with Gasteiger partial charge in [-0.25, -0.2) is 0 Å². The molecule has 1 heterocycles. The summed E-state index contributed by atoms with van der Waals surface area (Å²) in [5, 5.41) is 32.6. The van der Waals surface area contributed by atoms with Crippen molar-refractivity contribution in [1.82, 2.24) is 42.5 Å². The van der Waals surface area contributed by atoms with E-state index in [-0.39, 0.29) is 77.2 Å². The fraction of sp³-hybridized carbons (Fsp3) is 0.565. The topological polar surface area (TPSA) is 331 Å². The molecule has 20 nitrogen and oxygen atoms in total. The quantitative estimate of drug-likeness (QED) is 0.0817. The molecule has 4 rings (SSSR count). The highest BCUT2D eigenvalue weighted by Gasteiger charge is 2.52. The predicted octanol–water partition coefficient (Wildman–Crippen LogP) is -2.61. The molecule has 2 fully saturated rings. The lowest BCUT2D eigenvalue weighted by atomic mass is 9.94. The van der Waals surface area contributed by atoms with Crippen LogP contribution in [0.5, 0.6) is 0 Å². The van der Waals surface area contributed by atoms with Crippen LogP contribution < -0.4 is 59.7 Å². The second-order valence-electron chi connectivity index (χ2n) is 17.7. The first-order valence-electron chi connectivity index (χ1n) is 22.7. The van der Waals surface area contributed by atoms with Crippen LogP contribution in [0.25, 0.3) is 0 Å². The molecule has 15 N–H and O–H groups in total. The minimum Gasteiger partial charge on any atom is -0.391 e. The Morgan fingerprint density at radius 3 is 1.89 bits per heavy atom. The maximum atomic E-state index is 14.3. The molecule has 0 unspecified atom stereocenters. The third-order valence-electron chi connectivity index (χ3n) is 11.9. The van der Waals surface area contributed by atoms with Crippen LogP contribution in [0.15, 0.2) is 60.7 Å². The zero-order chi connectivity index (χ0) is 48.4. The molecule has 0 bridgehead atoms. The van der Waals surface area contributed by atoms with Gasteiger partial charge >= 0.3 is 0 Å². The van der Waals surface area contributed by atoms with E-state index >= 15 is 0 Å². The molecule has 1 saturated heterocycles. The summed E-state index contributed by atoms with van der Waals surface area (Å²) in [7, 11) is 0. The Bertz CT molecular complexity index is 1970. The highest BCUT2D eigenvalue weighted by Crippen LogP contribution is 2.48. The van der Waals surface area contributed by atoms with Crippen molar-refractivity contribution < 1.29 is 43.5 Å². The van der Waals surface area contributed by atoms with Crippen LogP contribution >= 0.6 is 0 Å². The summed E-state index contributed by atoms with van der Waals surface area (Å²) < 4.78 is 0. The number of aldehydes is 1. The average Bonchev–Trinajstić information content (AvgIpc) is 4.11. The Balaban J connectivity index is 1.77. The summed E-state index contributed by atoms with van der Waals surface area (Å²) >= 11 is 0. The number of amides is 7. The van der Waals surface area contributed by atoms with E-state index in [0.29, 0.717) is 24.7 Å². The van der Waals surface area contributed by atoms with Gasteiger partial charge in [0.05, 0.1) is 17.6 Å². The van der Waals surface area contributed by atoms with E-state index < -0.39 is 94.7 Å². The Morgan fingerprint density at radius 1 is 0.742 bits per heavy atom. The van der Waals surface area contributed by atoms with Crippen molar-refractivity contribution in [2.45, 2.75) is 125 Å². The molecule has 0 spiro atoms. The minimum atomic E-state index is -1.69. The van der Waals surface area contributed by atoms with Crippen molar-refractivity contribution in [3.63, 3.8) is 0 Å². The fourth-order valence-electron chi connectivity index (χ4n) is 7.93. The summed E-state index contributed by atoms with van der Waals surface area (Å²) in [6, 6.07) is 10.2. The number of aliphatic hydroxyl groups is 1. The first kappa shape index (κ1) is 52.8. The maximum Gasteiger partial charge on any atom is 0.245 e. The van der Waals surface area contributed by atoms with E-state index in [4.69, 9.17) is 17.2 Å². The van der Waals surface area contributed by atoms with Crippen molar-refractivity contribution in [1.29, 1.82) is 0 Å². The minimum absolute atomic E-state index is 0.00991. The van der Waals surface area contributed by atoms with Crippen molar-refractivity contribution in [2.24, 2.45) is 23.1 Å². The highest BCUT2D eigenvalue weighted by molar-refractivity contribution is 5.98. The molecule has 0 radical (unpaired) electrons. The van der Waals surface area contributed by atoms with E-state index in [0.717, 1.165) is 5.56 Å².